The van der Waals surface area contributed by atoms with Crippen LogP contribution in [0.5, 0.6) is 0 Å². The number of Topliss-reactive ketones (excluding diaryl/α,β-unsaturated/α-hetero) is 1. The first kappa shape index (κ1) is 19.4. The van der Waals surface area contributed by atoms with Crippen LogP contribution >= 0.6 is 0 Å². The molecule has 0 spiro atoms. The largest absolute Gasteiger partial charge is 0.378 e. The fourth-order valence-corrected chi connectivity index (χ4v) is 4.53. The summed E-state index contributed by atoms with van der Waals surface area (Å²) in [6.45, 7) is 2.33. The average Bonchev–Trinajstić information content (AvgIpc) is 2.78. The van der Waals surface area contributed by atoms with E-state index in [1.165, 1.54) is 12.1 Å². The van der Waals surface area contributed by atoms with Crippen molar-refractivity contribution in [3.05, 3.63) is 67.1 Å². The molecule has 0 saturated carbocycles. The minimum absolute atomic E-state index is 0.0486. The van der Waals surface area contributed by atoms with E-state index in [9.17, 15) is 19.7 Å². The molecule has 1 aromatic carbocycles. The molecule has 160 valence electrons. The fourth-order valence-electron chi connectivity index (χ4n) is 4.53. The summed E-state index contributed by atoms with van der Waals surface area (Å²) >= 11 is 0. The first-order chi connectivity index (χ1) is 15.0. The second-order valence-electron chi connectivity index (χ2n) is 7.83. The number of nitrogens with zero attached hydrogens (tertiary/aromatic N) is 3. The third-order valence-corrected chi connectivity index (χ3v) is 5.97. The number of carbonyl (C=O) groups excluding carboxylic acids is 1. The van der Waals surface area contributed by atoms with Crippen molar-refractivity contribution in [2.45, 2.75) is 25.2 Å². The maximum atomic E-state index is 13.2. The number of allylic oxidation sites excluding steroid dienone is 2. The van der Waals surface area contributed by atoms with Crippen LogP contribution in [0.3, 0.4) is 0 Å². The Hall–Kier alpha value is -3.53. The van der Waals surface area contributed by atoms with E-state index < -0.39 is 10.8 Å². The Kier molecular flexibility index (Phi) is 4.78. The Morgan fingerprint density at radius 1 is 1.19 bits per heavy atom. The van der Waals surface area contributed by atoms with Gasteiger partial charge in [-0.25, -0.2) is 0 Å². The van der Waals surface area contributed by atoms with Crippen molar-refractivity contribution in [2.24, 2.45) is 0 Å². The van der Waals surface area contributed by atoms with Gasteiger partial charge in [0.05, 0.1) is 23.7 Å². The van der Waals surface area contributed by atoms with E-state index >= 15 is 0 Å². The van der Waals surface area contributed by atoms with Gasteiger partial charge in [0.25, 0.3) is 11.2 Å². The van der Waals surface area contributed by atoms with Crippen LogP contribution in [0.15, 0.2) is 40.3 Å². The van der Waals surface area contributed by atoms with Crippen molar-refractivity contribution in [1.82, 2.24) is 9.97 Å². The summed E-state index contributed by atoms with van der Waals surface area (Å²) in [5, 5.41) is 14.6. The number of rotatable bonds is 3. The molecule has 2 aliphatic heterocycles. The van der Waals surface area contributed by atoms with Crippen molar-refractivity contribution in [1.29, 1.82) is 0 Å². The van der Waals surface area contributed by atoms with Crippen LogP contribution in [-0.2, 0) is 9.53 Å². The zero-order valence-electron chi connectivity index (χ0n) is 16.7. The van der Waals surface area contributed by atoms with Crippen molar-refractivity contribution in [3.63, 3.8) is 0 Å². The lowest BCUT2D eigenvalue weighted by Gasteiger charge is -2.34. The molecular weight excluding hydrogens is 402 g/mol. The van der Waals surface area contributed by atoms with Crippen LogP contribution in [0.1, 0.15) is 36.3 Å². The van der Waals surface area contributed by atoms with E-state index in [1.54, 1.807) is 12.1 Å². The van der Waals surface area contributed by atoms with Crippen LogP contribution in [0.4, 0.5) is 17.5 Å². The van der Waals surface area contributed by atoms with Gasteiger partial charge >= 0.3 is 0 Å². The van der Waals surface area contributed by atoms with Gasteiger partial charge < -0.3 is 15.0 Å². The van der Waals surface area contributed by atoms with Gasteiger partial charge in [-0.2, -0.15) is 4.98 Å². The van der Waals surface area contributed by atoms with E-state index in [0.717, 1.165) is 5.70 Å². The van der Waals surface area contributed by atoms with Crippen LogP contribution < -0.4 is 15.8 Å². The lowest BCUT2D eigenvalue weighted by atomic mass is 9.76. The molecule has 1 aromatic heterocycles. The number of nitro groups is 1. The van der Waals surface area contributed by atoms with Crippen molar-refractivity contribution < 1.29 is 14.5 Å². The quantitative estimate of drug-likeness (QED) is 0.567. The molecule has 10 nitrogen and oxygen atoms in total. The van der Waals surface area contributed by atoms with E-state index in [4.69, 9.17) is 4.74 Å². The lowest BCUT2D eigenvalue weighted by Crippen LogP contribution is -2.40. The summed E-state index contributed by atoms with van der Waals surface area (Å²) in [5.74, 6) is 0.0974. The van der Waals surface area contributed by atoms with E-state index in [0.29, 0.717) is 74.0 Å². The number of carbonyl (C=O) groups is 1. The number of aromatic nitrogens is 2. The number of ether oxygens (including phenoxy) is 1. The summed E-state index contributed by atoms with van der Waals surface area (Å²) in [6, 6.07) is 6.12. The van der Waals surface area contributed by atoms with E-state index in [1.807, 2.05) is 4.90 Å². The van der Waals surface area contributed by atoms with Gasteiger partial charge in [-0.3, -0.25) is 24.7 Å². The maximum absolute atomic E-state index is 13.2. The van der Waals surface area contributed by atoms with Crippen LogP contribution in [0.25, 0.3) is 0 Å². The average molecular weight is 423 g/mol. The van der Waals surface area contributed by atoms with Crippen LogP contribution in [-0.4, -0.2) is 47.0 Å². The Morgan fingerprint density at radius 2 is 2.00 bits per heavy atom. The molecular formula is C21H21N5O5. The van der Waals surface area contributed by atoms with Gasteiger partial charge in [-0.15, -0.1) is 0 Å². The monoisotopic (exact) mass is 423 g/mol. The predicted molar refractivity (Wildman–Crippen MR) is 112 cm³/mol. The summed E-state index contributed by atoms with van der Waals surface area (Å²) in [7, 11) is 0. The summed E-state index contributed by atoms with van der Waals surface area (Å²) in [6.07, 6.45) is 1.76. The molecule has 1 fully saturated rings. The second-order valence-corrected chi connectivity index (χ2v) is 7.83. The number of morpholine rings is 1. The molecule has 0 bridgehead atoms. The normalized spacial score (nSPS) is 20.7. The van der Waals surface area contributed by atoms with Crippen molar-refractivity contribution in [3.8, 4) is 0 Å². The van der Waals surface area contributed by atoms with Gasteiger partial charge in [0, 0.05) is 48.8 Å². The van der Waals surface area contributed by atoms with Crippen LogP contribution in [0, 0.1) is 10.1 Å². The van der Waals surface area contributed by atoms with Gasteiger partial charge in [0.15, 0.2) is 5.78 Å². The standard InChI is InChI=1S/C21H21N5O5/c27-15-6-2-5-14-17(15)16(12-3-1-4-13(11-12)26(29)30)18-19(22-14)23-21(24-20(18)28)25-7-9-31-10-8-25/h1,3-4,11,16H,2,5-10H2,(H2,22,23,24,28)/t16-/m0/s1. The molecule has 0 amide bonds. The smallest absolute Gasteiger partial charge is 0.269 e. The fraction of sp³-hybridized carbons (Fsp3) is 0.381. The zero-order chi connectivity index (χ0) is 21.5. The predicted octanol–water partition coefficient (Wildman–Crippen LogP) is 2.08. The minimum Gasteiger partial charge on any atom is -0.378 e. The second kappa shape index (κ2) is 7.62. The molecule has 2 aromatic rings. The third-order valence-electron chi connectivity index (χ3n) is 5.97. The highest BCUT2D eigenvalue weighted by molar-refractivity contribution is 6.01. The number of non-ortho nitro benzene ring substituents is 1. The number of H-pyrrole nitrogens is 1. The number of aromatic amines is 1. The highest BCUT2D eigenvalue weighted by Gasteiger charge is 2.38. The molecule has 3 aliphatic rings. The third kappa shape index (κ3) is 3.38. The molecule has 2 N–H and O–H groups in total. The molecule has 10 heteroatoms. The lowest BCUT2D eigenvalue weighted by molar-refractivity contribution is -0.384. The summed E-state index contributed by atoms with van der Waals surface area (Å²) in [5.41, 5.74) is 1.65. The SMILES string of the molecule is O=C1CCCC2=C1[C@H](c1cccc([N+](=O)[O-])c1)c1c(nc(N3CCOCC3)[nH]c1=O)N2. The number of nitro benzene ring substituents is 1. The summed E-state index contributed by atoms with van der Waals surface area (Å²) < 4.78 is 5.37. The molecule has 3 heterocycles. The Balaban J connectivity index is 1.68. The molecule has 5 rings (SSSR count). The molecule has 1 saturated heterocycles. The van der Waals surface area contributed by atoms with Crippen LogP contribution in [0.2, 0.25) is 0 Å². The highest BCUT2D eigenvalue weighted by Crippen LogP contribution is 2.44. The van der Waals surface area contributed by atoms with Crippen molar-refractivity contribution >= 4 is 23.2 Å². The molecule has 1 aliphatic carbocycles. The van der Waals surface area contributed by atoms with E-state index in [2.05, 4.69) is 15.3 Å². The number of hydrogen-bond acceptors (Lipinski definition) is 8. The highest BCUT2D eigenvalue weighted by atomic mass is 16.6. The molecule has 31 heavy (non-hydrogen) atoms. The number of hydrogen-bond donors (Lipinski definition) is 2. The Labute approximate surface area is 177 Å². The Bertz CT molecular complexity index is 1160. The zero-order valence-corrected chi connectivity index (χ0v) is 16.7. The number of benzene rings is 1. The Morgan fingerprint density at radius 3 is 2.77 bits per heavy atom. The first-order valence-electron chi connectivity index (χ1n) is 10.3. The number of anilines is 2. The molecule has 0 radical (unpaired) electrons. The number of nitrogens with one attached hydrogen (secondary N) is 2. The maximum Gasteiger partial charge on any atom is 0.269 e. The number of ketones is 1. The van der Waals surface area contributed by atoms with Crippen molar-refractivity contribution in [2.75, 3.05) is 36.5 Å². The number of fused-ring (bicyclic) bond motifs is 1. The minimum atomic E-state index is -0.700. The summed E-state index contributed by atoms with van der Waals surface area (Å²) in [4.78, 5) is 46.5. The molecule has 0 unspecified atom stereocenters. The topological polar surface area (TPSA) is 130 Å². The van der Waals surface area contributed by atoms with Gasteiger partial charge in [-0.05, 0) is 18.4 Å². The van der Waals surface area contributed by atoms with Gasteiger partial charge in [0.2, 0.25) is 5.95 Å². The van der Waals surface area contributed by atoms with Gasteiger partial charge in [0.1, 0.15) is 5.82 Å². The van der Waals surface area contributed by atoms with Gasteiger partial charge in [-0.1, -0.05) is 12.1 Å². The first-order valence-corrected chi connectivity index (χ1v) is 10.3. The van der Waals surface area contributed by atoms with E-state index in [-0.39, 0.29) is 17.0 Å². The molecule has 1 atom stereocenters.